The molecule has 0 aromatic carbocycles. The van der Waals surface area contributed by atoms with Crippen LogP contribution in [0.15, 0.2) is 0 Å². The molecule has 0 saturated carbocycles. The Morgan fingerprint density at radius 2 is 1.80 bits per heavy atom. The number of aliphatic hydroxyl groups is 1. The van der Waals surface area contributed by atoms with E-state index in [1.165, 1.54) is 0 Å². The summed E-state index contributed by atoms with van der Waals surface area (Å²) in [6, 6.07) is -0.256. The fourth-order valence-electron chi connectivity index (χ4n) is 2.01. The first-order valence-corrected chi connectivity index (χ1v) is 7.24. The number of carbonyl (C=O) groups excluding carboxylic acids is 1. The molecule has 0 heterocycles. The minimum Gasteiger partial charge on any atom is -0.481 e. The Kier molecular flexibility index (Phi) is 8.22. The summed E-state index contributed by atoms with van der Waals surface area (Å²) < 4.78 is 0. The van der Waals surface area contributed by atoms with Crippen molar-refractivity contribution in [2.24, 2.45) is 5.41 Å². The fourth-order valence-corrected chi connectivity index (χ4v) is 2.01. The maximum atomic E-state index is 12.2. The Balaban J connectivity index is 4.73. The molecule has 0 spiro atoms. The van der Waals surface area contributed by atoms with Crippen molar-refractivity contribution in [1.82, 2.24) is 10.2 Å². The van der Waals surface area contributed by atoms with E-state index >= 15 is 0 Å². The molecule has 1 atom stereocenters. The van der Waals surface area contributed by atoms with Crippen LogP contribution in [0.3, 0.4) is 0 Å². The van der Waals surface area contributed by atoms with Gasteiger partial charge in [-0.1, -0.05) is 20.8 Å². The van der Waals surface area contributed by atoms with Gasteiger partial charge < -0.3 is 20.4 Å². The van der Waals surface area contributed by atoms with Crippen molar-refractivity contribution >= 4 is 12.0 Å². The van der Waals surface area contributed by atoms with Crippen molar-refractivity contribution in [1.29, 1.82) is 0 Å². The topological polar surface area (TPSA) is 89.9 Å². The number of hydrogen-bond donors (Lipinski definition) is 3. The zero-order chi connectivity index (χ0) is 15.8. The summed E-state index contributed by atoms with van der Waals surface area (Å²) in [4.78, 5) is 25.0. The largest absolute Gasteiger partial charge is 0.481 e. The number of amides is 2. The number of aliphatic carboxylic acids is 1. The lowest BCUT2D eigenvalue weighted by Gasteiger charge is -2.32. The van der Waals surface area contributed by atoms with Crippen molar-refractivity contribution in [3.8, 4) is 0 Å². The Labute approximate surface area is 121 Å². The van der Waals surface area contributed by atoms with E-state index in [4.69, 9.17) is 5.11 Å². The third-order valence-corrected chi connectivity index (χ3v) is 3.91. The lowest BCUT2D eigenvalue weighted by atomic mass is 9.88. The first-order valence-electron chi connectivity index (χ1n) is 7.24. The average molecular weight is 288 g/mol. The van der Waals surface area contributed by atoms with E-state index in [1.54, 1.807) is 18.7 Å². The van der Waals surface area contributed by atoms with Gasteiger partial charge >= 0.3 is 12.0 Å². The summed E-state index contributed by atoms with van der Waals surface area (Å²) in [6.45, 7) is 7.61. The maximum absolute atomic E-state index is 12.2. The third kappa shape index (κ3) is 5.00. The molecule has 0 aromatic heterocycles. The summed E-state index contributed by atoms with van der Waals surface area (Å²) in [5.41, 5.74) is -0.964. The van der Waals surface area contributed by atoms with Gasteiger partial charge in [-0.2, -0.15) is 0 Å². The summed E-state index contributed by atoms with van der Waals surface area (Å²) in [6.07, 6.45) is 2.04. The first kappa shape index (κ1) is 18.7. The van der Waals surface area contributed by atoms with E-state index in [9.17, 15) is 14.7 Å². The molecule has 0 bridgehead atoms. The second kappa shape index (κ2) is 8.79. The van der Waals surface area contributed by atoms with Crippen LogP contribution in [0.5, 0.6) is 0 Å². The van der Waals surface area contributed by atoms with Crippen molar-refractivity contribution in [3.05, 3.63) is 0 Å². The van der Waals surface area contributed by atoms with E-state index in [1.807, 2.05) is 13.8 Å². The molecule has 0 aromatic rings. The molecule has 0 radical (unpaired) electrons. The molecule has 20 heavy (non-hydrogen) atoms. The van der Waals surface area contributed by atoms with Gasteiger partial charge in [0, 0.05) is 19.1 Å². The molecule has 2 amide bonds. The van der Waals surface area contributed by atoms with E-state index in [0.29, 0.717) is 6.42 Å². The minimum absolute atomic E-state index is 0.0554. The predicted molar refractivity (Wildman–Crippen MR) is 77.6 cm³/mol. The van der Waals surface area contributed by atoms with E-state index in [-0.39, 0.29) is 31.8 Å². The number of carboxylic acid groups (broad SMARTS) is 1. The van der Waals surface area contributed by atoms with Gasteiger partial charge in [0.2, 0.25) is 0 Å². The van der Waals surface area contributed by atoms with Crippen molar-refractivity contribution < 1.29 is 19.8 Å². The van der Waals surface area contributed by atoms with Gasteiger partial charge in [-0.3, -0.25) is 4.79 Å². The smallest absolute Gasteiger partial charge is 0.317 e. The standard InChI is InChI=1S/C14H28N2O4/c1-5-11(6-2)16(8-9-17)13(20)15-10-14(4,7-3)12(18)19/h11,17H,5-10H2,1-4H3,(H,15,20)(H,18,19). The fraction of sp³-hybridized carbons (Fsp3) is 0.857. The summed E-state index contributed by atoms with van der Waals surface area (Å²) in [5.74, 6) is -0.920. The van der Waals surface area contributed by atoms with Crippen molar-refractivity contribution in [2.45, 2.75) is 53.0 Å². The van der Waals surface area contributed by atoms with Crippen LogP contribution in [0.1, 0.15) is 47.0 Å². The lowest BCUT2D eigenvalue weighted by Crippen LogP contribution is -2.50. The molecule has 0 aliphatic heterocycles. The highest BCUT2D eigenvalue weighted by Gasteiger charge is 2.32. The van der Waals surface area contributed by atoms with Crippen LogP contribution >= 0.6 is 0 Å². The highest BCUT2D eigenvalue weighted by atomic mass is 16.4. The molecule has 6 heteroatoms. The van der Waals surface area contributed by atoms with Crippen molar-refractivity contribution in [2.75, 3.05) is 19.7 Å². The molecule has 0 aliphatic carbocycles. The summed E-state index contributed by atoms with van der Waals surface area (Å²) >= 11 is 0. The SMILES string of the molecule is CCC(CC)N(CCO)C(=O)NCC(C)(CC)C(=O)O. The van der Waals surface area contributed by atoms with Gasteiger partial charge in [-0.25, -0.2) is 4.79 Å². The molecule has 6 nitrogen and oxygen atoms in total. The number of aliphatic hydroxyl groups excluding tert-OH is 1. The van der Waals surface area contributed by atoms with Crippen LogP contribution in [0.25, 0.3) is 0 Å². The van der Waals surface area contributed by atoms with Crippen LogP contribution in [0.4, 0.5) is 4.79 Å². The Hall–Kier alpha value is -1.30. The van der Waals surface area contributed by atoms with Crippen LogP contribution in [-0.4, -0.2) is 52.9 Å². The van der Waals surface area contributed by atoms with E-state index in [0.717, 1.165) is 12.8 Å². The van der Waals surface area contributed by atoms with Gasteiger partial charge in [-0.05, 0) is 26.2 Å². The average Bonchev–Trinajstić information content (AvgIpc) is 2.44. The molecule has 0 rings (SSSR count). The molecule has 0 aliphatic rings. The van der Waals surface area contributed by atoms with Gasteiger partial charge in [0.05, 0.1) is 12.0 Å². The Bertz CT molecular complexity index is 318. The summed E-state index contributed by atoms with van der Waals surface area (Å²) in [5, 5.41) is 20.9. The van der Waals surface area contributed by atoms with Crippen LogP contribution < -0.4 is 5.32 Å². The Morgan fingerprint density at radius 3 is 2.15 bits per heavy atom. The minimum atomic E-state index is -0.964. The second-order valence-corrected chi connectivity index (χ2v) is 5.27. The van der Waals surface area contributed by atoms with Gasteiger partial charge in [-0.15, -0.1) is 0 Å². The maximum Gasteiger partial charge on any atom is 0.317 e. The normalized spacial score (nSPS) is 13.9. The molecular weight excluding hydrogens is 260 g/mol. The number of nitrogens with one attached hydrogen (secondary N) is 1. The number of urea groups is 1. The lowest BCUT2D eigenvalue weighted by molar-refractivity contribution is -0.147. The number of hydrogen-bond acceptors (Lipinski definition) is 3. The molecule has 118 valence electrons. The van der Waals surface area contributed by atoms with Crippen LogP contribution in [0.2, 0.25) is 0 Å². The van der Waals surface area contributed by atoms with Gasteiger partial charge in [0.25, 0.3) is 0 Å². The predicted octanol–water partition coefficient (Wildman–Crippen LogP) is 1.68. The summed E-state index contributed by atoms with van der Waals surface area (Å²) in [7, 11) is 0. The zero-order valence-corrected chi connectivity index (χ0v) is 13.0. The zero-order valence-electron chi connectivity index (χ0n) is 13.0. The van der Waals surface area contributed by atoms with Crippen LogP contribution in [0, 0.1) is 5.41 Å². The van der Waals surface area contributed by atoms with Crippen LogP contribution in [-0.2, 0) is 4.79 Å². The number of rotatable bonds is 9. The number of carboxylic acids is 1. The molecular formula is C14H28N2O4. The van der Waals surface area contributed by atoms with Gasteiger partial charge in [0.15, 0.2) is 0 Å². The molecule has 0 fully saturated rings. The Morgan fingerprint density at radius 1 is 1.25 bits per heavy atom. The molecule has 3 N–H and O–H groups in total. The van der Waals surface area contributed by atoms with Crippen molar-refractivity contribution in [3.63, 3.8) is 0 Å². The highest BCUT2D eigenvalue weighted by Crippen LogP contribution is 2.20. The molecule has 0 saturated heterocycles. The highest BCUT2D eigenvalue weighted by molar-refractivity contribution is 5.78. The monoisotopic (exact) mass is 288 g/mol. The third-order valence-electron chi connectivity index (χ3n) is 3.91. The number of nitrogens with zero attached hydrogens (tertiary/aromatic N) is 1. The second-order valence-electron chi connectivity index (χ2n) is 5.27. The number of carbonyl (C=O) groups is 2. The van der Waals surface area contributed by atoms with Gasteiger partial charge in [0.1, 0.15) is 0 Å². The quantitative estimate of drug-likeness (QED) is 0.602. The van der Waals surface area contributed by atoms with E-state index < -0.39 is 11.4 Å². The van der Waals surface area contributed by atoms with E-state index in [2.05, 4.69) is 5.32 Å². The molecule has 1 unspecified atom stereocenters. The first-order chi connectivity index (χ1) is 9.36.